The summed E-state index contributed by atoms with van der Waals surface area (Å²) in [5.41, 5.74) is 0.973. The van der Waals surface area contributed by atoms with Crippen LogP contribution in [0.4, 0.5) is 0 Å². The lowest BCUT2D eigenvalue weighted by Crippen LogP contribution is -2.43. The lowest BCUT2D eigenvalue weighted by atomic mass is 10.1. The van der Waals surface area contributed by atoms with Crippen LogP contribution in [-0.2, 0) is 0 Å². The van der Waals surface area contributed by atoms with Gasteiger partial charge in [-0.2, -0.15) is 0 Å². The highest BCUT2D eigenvalue weighted by Gasteiger charge is 2.42. The van der Waals surface area contributed by atoms with Gasteiger partial charge in [-0.25, -0.2) is 4.98 Å². The van der Waals surface area contributed by atoms with Crippen LogP contribution in [0.5, 0.6) is 5.88 Å². The van der Waals surface area contributed by atoms with Gasteiger partial charge in [-0.15, -0.1) is 0 Å². The molecule has 4 atom stereocenters. The average molecular weight is 347 g/mol. The van der Waals surface area contributed by atoms with Crippen LogP contribution in [0, 0.1) is 19.8 Å². The zero-order valence-corrected chi connectivity index (χ0v) is 14.0. The van der Waals surface area contributed by atoms with Crippen molar-refractivity contribution in [2.45, 2.75) is 38.5 Å². The number of aliphatic hydroxyl groups excluding tert-OH is 2. The van der Waals surface area contributed by atoms with E-state index in [1.165, 1.54) is 6.07 Å². The maximum absolute atomic E-state index is 12.1. The van der Waals surface area contributed by atoms with Crippen LogP contribution in [0.15, 0.2) is 28.8 Å². The first-order valence-electron chi connectivity index (χ1n) is 8.11. The predicted molar refractivity (Wildman–Crippen MR) is 87.1 cm³/mol. The molecule has 0 aromatic carbocycles. The Bertz CT molecular complexity index is 747. The lowest BCUT2D eigenvalue weighted by Gasteiger charge is -2.17. The number of nitrogens with zero attached hydrogens (tertiary/aromatic N) is 2. The molecule has 1 fully saturated rings. The van der Waals surface area contributed by atoms with Crippen LogP contribution in [0.25, 0.3) is 0 Å². The summed E-state index contributed by atoms with van der Waals surface area (Å²) in [5, 5.41) is 26.7. The molecule has 2 aromatic rings. The monoisotopic (exact) mass is 347 g/mol. The first kappa shape index (κ1) is 17.4. The van der Waals surface area contributed by atoms with Gasteiger partial charge in [0.15, 0.2) is 5.69 Å². The minimum Gasteiger partial charge on any atom is -0.477 e. The topological polar surface area (TPSA) is 118 Å². The molecule has 8 heteroatoms. The van der Waals surface area contributed by atoms with Gasteiger partial charge in [0.25, 0.3) is 5.91 Å². The number of pyridine rings is 1. The maximum atomic E-state index is 12.1. The number of aromatic nitrogens is 2. The van der Waals surface area contributed by atoms with Gasteiger partial charge in [0.05, 0.1) is 18.8 Å². The van der Waals surface area contributed by atoms with Crippen LogP contribution in [0.2, 0.25) is 0 Å². The van der Waals surface area contributed by atoms with Crippen LogP contribution in [-0.4, -0.2) is 51.1 Å². The van der Waals surface area contributed by atoms with Crippen molar-refractivity contribution < 1.29 is 24.3 Å². The van der Waals surface area contributed by atoms with Crippen molar-refractivity contribution in [3.05, 3.63) is 41.4 Å². The highest BCUT2D eigenvalue weighted by molar-refractivity contribution is 5.92. The molecule has 0 radical (unpaired) electrons. The Kier molecular flexibility index (Phi) is 5.00. The Morgan fingerprint density at radius 2 is 2.16 bits per heavy atom. The predicted octanol–water partition coefficient (Wildman–Crippen LogP) is 0.606. The van der Waals surface area contributed by atoms with E-state index in [-0.39, 0.29) is 18.2 Å². The van der Waals surface area contributed by atoms with Gasteiger partial charge in [0, 0.05) is 23.7 Å². The minimum absolute atomic E-state index is 0.142. The molecule has 1 amide bonds. The van der Waals surface area contributed by atoms with Crippen LogP contribution < -0.4 is 10.1 Å². The van der Waals surface area contributed by atoms with E-state index < -0.39 is 24.2 Å². The number of carbonyl (C=O) groups is 1. The fourth-order valence-electron chi connectivity index (χ4n) is 2.94. The zero-order valence-electron chi connectivity index (χ0n) is 14.0. The van der Waals surface area contributed by atoms with E-state index in [0.29, 0.717) is 18.1 Å². The molecule has 3 rings (SSSR count). The molecule has 8 nitrogen and oxygen atoms in total. The van der Waals surface area contributed by atoms with Gasteiger partial charge in [-0.3, -0.25) is 4.79 Å². The van der Waals surface area contributed by atoms with Gasteiger partial charge in [0.2, 0.25) is 5.88 Å². The Hall–Kier alpha value is -2.45. The number of hydrogen-bond donors (Lipinski definition) is 3. The van der Waals surface area contributed by atoms with E-state index >= 15 is 0 Å². The van der Waals surface area contributed by atoms with Crippen molar-refractivity contribution in [3.63, 3.8) is 0 Å². The number of amides is 1. The smallest absolute Gasteiger partial charge is 0.273 e. The fraction of sp³-hybridized carbons (Fsp3) is 0.471. The van der Waals surface area contributed by atoms with Gasteiger partial charge in [-0.05, 0) is 26.3 Å². The lowest BCUT2D eigenvalue weighted by molar-refractivity contribution is 0.00214. The third-order valence-corrected chi connectivity index (χ3v) is 4.29. The van der Waals surface area contributed by atoms with E-state index in [9.17, 15) is 15.0 Å². The van der Waals surface area contributed by atoms with Crippen molar-refractivity contribution in [2.75, 3.05) is 6.61 Å². The number of ether oxygens (including phenoxy) is 1. The second-order valence-corrected chi connectivity index (χ2v) is 6.31. The van der Waals surface area contributed by atoms with Crippen molar-refractivity contribution in [1.29, 1.82) is 0 Å². The summed E-state index contributed by atoms with van der Waals surface area (Å²) in [7, 11) is 0. The van der Waals surface area contributed by atoms with Crippen molar-refractivity contribution in [2.24, 2.45) is 5.92 Å². The summed E-state index contributed by atoms with van der Waals surface area (Å²) < 4.78 is 10.5. The molecular weight excluding hydrogens is 326 g/mol. The highest BCUT2D eigenvalue weighted by Crippen LogP contribution is 2.28. The largest absolute Gasteiger partial charge is 0.477 e. The standard InChI is InChI=1S/C17H21N3O5/c1-9-4-3-5-14(18-9)24-8-11-7-12(16(22)15(11)21)19-17(23)13-6-10(2)25-20-13/h3-6,11-12,15-16,21-22H,7-8H2,1-2H3,(H,19,23)/t11-,12-,15-,16+/m1/s1. The number of aliphatic hydroxyl groups is 2. The van der Waals surface area contributed by atoms with E-state index in [1.807, 2.05) is 19.1 Å². The molecule has 25 heavy (non-hydrogen) atoms. The number of rotatable bonds is 5. The number of nitrogens with one attached hydrogen (secondary N) is 1. The third kappa shape index (κ3) is 3.97. The van der Waals surface area contributed by atoms with Crippen molar-refractivity contribution >= 4 is 5.91 Å². The second kappa shape index (κ2) is 7.20. The van der Waals surface area contributed by atoms with Crippen LogP contribution in [0.3, 0.4) is 0 Å². The fourth-order valence-corrected chi connectivity index (χ4v) is 2.94. The summed E-state index contributed by atoms with van der Waals surface area (Å²) in [6.45, 7) is 3.74. The van der Waals surface area contributed by atoms with Crippen LogP contribution >= 0.6 is 0 Å². The molecule has 1 aliphatic carbocycles. The van der Waals surface area contributed by atoms with E-state index in [2.05, 4.69) is 15.5 Å². The molecule has 0 unspecified atom stereocenters. The Morgan fingerprint density at radius 3 is 2.84 bits per heavy atom. The Morgan fingerprint density at radius 1 is 1.36 bits per heavy atom. The quantitative estimate of drug-likeness (QED) is 0.725. The first-order chi connectivity index (χ1) is 11.9. The van der Waals surface area contributed by atoms with Gasteiger partial charge >= 0.3 is 0 Å². The Balaban J connectivity index is 1.58. The number of hydrogen-bond acceptors (Lipinski definition) is 7. The summed E-state index contributed by atoms with van der Waals surface area (Å²) in [6.07, 6.45) is -1.68. The van der Waals surface area contributed by atoms with Gasteiger partial charge in [-0.1, -0.05) is 11.2 Å². The second-order valence-electron chi connectivity index (χ2n) is 6.31. The minimum atomic E-state index is -1.07. The van der Waals surface area contributed by atoms with Crippen molar-refractivity contribution in [3.8, 4) is 5.88 Å². The van der Waals surface area contributed by atoms with Gasteiger partial charge < -0.3 is 24.8 Å². The molecule has 0 aliphatic heterocycles. The normalized spacial score (nSPS) is 25.8. The first-order valence-corrected chi connectivity index (χ1v) is 8.11. The zero-order chi connectivity index (χ0) is 18.0. The summed E-state index contributed by atoms with van der Waals surface area (Å²) in [6, 6.07) is 6.35. The number of carbonyl (C=O) groups excluding carboxylic acids is 1. The maximum Gasteiger partial charge on any atom is 0.273 e. The average Bonchev–Trinajstić information content (AvgIpc) is 3.12. The summed E-state index contributed by atoms with van der Waals surface area (Å²) in [5.74, 6) is 0.220. The van der Waals surface area contributed by atoms with E-state index in [1.54, 1.807) is 13.0 Å². The van der Waals surface area contributed by atoms with E-state index in [4.69, 9.17) is 9.26 Å². The molecule has 0 saturated heterocycles. The third-order valence-electron chi connectivity index (χ3n) is 4.29. The van der Waals surface area contributed by atoms with Crippen molar-refractivity contribution in [1.82, 2.24) is 15.5 Å². The molecule has 0 spiro atoms. The van der Waals surface area contributed by atoms with E-state index in [0.717, 1.165) is 5.69 Å². The molecule has 3 N–H and O–H groups in total. The molecular formula is C17H21N3O5. The molecule has 0 bridgehead atoms. The van der Waals surface area contributed by atoms with Gasteiger partial charge in [0.1, 0.15) is 11.9 Å². The SMILES string of the molecule is Cc1cccc(OC[C@H]2C[C@@H](NC(=O)c3cc(C)on3)[C@H](O)[C@@H]2O)n1. The molecule has 1 aliphatic rings. The molecule has 134 valence electrons. The molecule has 2 heterocycles. The number of aryl methyl sites for hydroxylation is 2. The van der Waals surface area contributed by atoms with Crippen LogP contribution in [0.1, 0.15) is 28.4 Å². The highest BCUT2D eigenvalue weighted by atomic mass is 16.5. The summed E-state index contributed by atoms with van der Waals surface area (Å²) in [4.78, 5) is 16.4. The Labute approximate surface area is 144 Å². The molecule has 1 saturated carbocycles. The summed E-state index contributed by atoms with van der Waals surface area (Å²) >= 11 is 0. The molecule has 2 aromatic heterocycles.